The molecule has 0 unspecified atom stereocenters. The van der Waals surface area contributed by atoms with Crippen molar-refractivity contribution >= 4 is 16.8 Å². The number of hydrogen-bond donors (Lipinski definition) is 1. The summed E-state index contributed by atoms with van der Waals surface area (Å²) in [6, 6.07) is 17.7. The maximum absolute atomic E-state index is 12.4. The molecule has 22 heavy (non-hydrogen) atoms. The molecular weight excluding hydrogens is 272 g/mol. The molecule has 1 atom stereocenters. The fourth-order valence-corrected chi connectivity index (χ4v) is 2.63. The van der Waals surface area contributed by atoms with Gasteiger partial charge in [-0.05, 0) is 37.1 Å². The average molecular weight is 290 g/mol. The highest BCUT2D eigenvalue weighted by Gasteiger charge is 2.13. The van der Waals surface area contributed by atoms with Crippen molar-refractivity contribution in [3.05, 3.63) is 77.5 Å². The molecule has 1 aromatic heterocycles. The van der Waals surface area contributed by atoms with Gasteiger partial charge in [0.25, 0.3) is 5.91 Å². The molecule has 0 spiro atoms. The maximum atomic E-state index is 12.4. The summed E-state index contributed by atoms with van der Waals surface area (Å²) in [5.74, 6) is -0.103. The van der Waals surface area contributed by atoms with E-state index in [1.165, 1.54) is 5.56 Å². The van der Waals surface area contributed by atoms with E-state index in [0.717, 1.165) is 16.5 Å². The number of aryl methyl sites for hydroxylation is 1. The van der Waals surface area contributed by atoms with Gasteiger partial charge in [-0.25, -0.2) is 0 Å². The topological polar surface area (TPSA) is 42.0 Å². The third-order valence-electron chi connectivity index (χ3n) is 3.86. The first kappa shape index (κ1) is 14.3. The van der Waals surface area contributed by atoms with Crippen molar-refractivity contribution in [1.29, 1.82) is 0 Å². The summed E-state index contributed by atoms with van der Waals surface area (Å²) >= 11 is 0. The summed E-state index contributed by atoms with van der Waals surface area (Å²) in [5.41, 5.74) is 3.78. The van der Waals surface area contributed by atoms with Crippen LogP contribution in [0.3, 0.4) is 0 Å². The van der Waals surface area contributed by atoms with Gasteiger partial charge in [0.15, 0.2) is 0 Å². The van der Waals surface area contributed by atoms with E-state index >= 15 is 0 Å². The van der Waals surface area contributed by atoms with Crippen LogP contribution in [0.25, 0.3) is 10.9 Å². The molecule has 3 rings (SSSR count). The Balaban J connectivity index is 1.82. The third-order valence-corrected chi connectivity index (χ3v) is 3.86. The van der Waals surface area contributed by atoms with E-state index in [9.17, 15) is 4.79 Å². The van der Waals surface area contributed by atoms with Crippen molar-refractivity contribution in [2.24, 2.45) is 0 Å². The molecule has 0 saturated carbocycles. The lowest BCUT2D eigenvalue weighted by Crippen LogP contribution is -2.27. The third kappa shape index (κ3) is 2.84. The number of amides is 1. The monoisotopic (exact) mass is 290 g/mol. The number of carbonyl (C=O) groups is 1. The largest absolute Gasteiger partial charge is 0.345 e. The first-order chi connectivity index (χ1) is 10.6. The molecule has 110 valence electrons. The molecule has 1 amide bonds. The molecule has 3 heteroatoms. The maximum Gasteiger partial charge on any atom is 0.253 e. The number of carbonyl (C=O) groups excluding carboxylic acids is 1. The van der Waals surface area contributed by atoms with E-state index in [1.807, 2.05) is 55.5 Å². The van der Waals surface area contributed by atoms with E-state index < -0.39 is 0 Å². The molecule has 1 heterocycles. The number of hydrogen-bond acceptors (Lipinski definition) is 2. The van der Waals surface area contributed by atoms with Gasteiger partial charge in [0.2, 0.25) is 0 Å². The van der Waals surface area contributed by atoms with Gasteiger partial charge in [-0.1, -0.05) is 42.5 Å². The Kier molecular flexibility index (Phi) is 3.88. The fraction of sp³-hybridized carbons (Fsp3) is 0.158. The summed E-state index contributed by atoms with van der Waals surface area (Å²) in [7, 11) is 0. The minimum atomic E-state index is -0.103. The normalized spacial score (nSPS) is 12.1. The smallest absolute Gasteiger partial charge is 0.253 e. The van der Waals surface area contributed by atoms with Crippen molar-refractivity contribution < 1.29 is 4.79 Å². The number of rotatable bonds is 3. The van der Waals surface area contributed by atoms with Crippen LogP contribution in [0.4, 0.5) is 0 Å². The van der Waals surface area contributed by atoms with Gasteiger partial charge in [-0.2, -0.15) is 0 Å². The van der Waals surface area contributed by atoms with Gasteiger partial charge in [0.1, 0.15) is 0 Å². The van der Waals surface area contributed by atoms with E-state index in [1.54, 1.807) is 6.20 Å². The molecule has 0 aliphatic carbocycles. The summed E-state index contributed by atoms with van der Waals surface area (Å²) in [4.78, 5) is 16.8. The van der Waals surface area contributed by atoms with Gasteiger partial charge < -0.3 is 5.32 Å². The SMILES string of the molecule is Cc1ccccc1[C@@H](C)NC(=O)c1cnc2ccccc2c1. The van der Waals surface area contributed by atoms with Gasteiger partial charge in [-0.3, -0.25) is 9.78 Å². The predicted molar refractivity (Wildman–Crippen MR) is 88.8 cm³/mol. The molecule has 0 saturated heterocycles. The number of para-hydroxylation sites is 1. The number of pyridine rings is 1. The number of fused-ring (bicyclic) bond motifs is 1. The Morgan fingerprint density at radius 3 is 2.64 bits per heavy atom. The first-order valence-electron chi connectivity index (χ1n) is 7.36. The lowest BCUT2D eigenvalue weighted by atomic mass is 10.0. The molecular formula is C19H18N2O. The highest BCUT2D eigenvalue weighted by atomic mass is 16.1. The van der Waals surface area contributed by atoms with E-state index in [-0.39, 0.29) is 11.9 Å². The quantitative estimate of drug-likeness (QED) is 0.791. The fourth-order valence-electron chi connectivity index (χ4n) is 2.63. The lowest BCUT2D eigenvalue weighted by Gasteiger charge is -2.16. The highest BCUT2D eigenvalue weighted by Crippen LogP contribution is 2.18. The van der Waals surface area contributed by atoms with E-state index in [4.69, 9.17) is 0 Å². The standard InChI is InChI=1S/C19H18N2O/c1-13-7-3-5-9-17(13)14(2)21-19(22)16-11-15-8-4-6-10-18(15)20-12-16/h3-12,14H,1-2H3,(H,21,22)/t14-/m1/s1. The number of nitrogens with one attached hydrogen (secondary N) is 1. The number of benzene rings is 2. The predicted octanol–water partition coefficient (Wildman–Crippen LogP) is 4.03. The molecule has 0 bridgehead atoms. The van der Waals surface area contributed by atoms with Gasteiger partial charge >= 0.3 is 0 Å². The zero-order valence-corrected chi connectivity index (χ0v) is 12.7. The molecule has 0 aliphatic rings. The molecule has 0 radical (unpaired) electrons. The van der Waals surface area contributed by atoms with Crippen LogP contribution < -0.4 is 5.32 Å². The average Bonchev–Trinajstić information content (AvgIpc) is 2.54. The van der Waals surface area contributed by atoms with Crippen LogP contribution >= 0.6 is 0 Å². The summed E-state index contributed by atoms with van der Waals surface area (Å²) in [6.45, 7) is 4.05. The van der Waals surface area contributed by atoms with Crippen molar-refractivity contribution in [3.8, 4) is 0 Å². The van der Waals surface area contributed by atoms with Crippen molar-refractivity contribution in [2.75, 3.05) is 0 Å². The zero-order valence-electron chi connectivity index (χ0n) is 12.7. The van der Waals surface area contributed by atoms with E-state index in [2.05, 4.69) is 23.3 Å². The van der Waals surface area contributed by atoms with Crippen LogP contribution in [0.2, 0.25) is 0 Å². The second-order valence-corrected chi connectivity index (χ2v) is 5.47. The molecule has 3 aromatic rings. The Bertz CT molecular complexity index is 826. The second kappa shape index (κ2) is 5.98. The lowest BCUT2D eigenvalue weighted by molar-refractivity contribution is 0.0939. The summed E-state index contributed by atoms with van der Waals surface area (Å²) in [6.07, 6.45) is 1.63. The zero-order chi connectivity index (χ0) is 15.5. The molecule has 2 aromatic carbocycles. The van der Waals surface area contributed by atoms with Crippen LogP contribution in [0.5, 0.6) is 0 Å². The Hall–Kier alpha value is -2.68. The van der Waals surface area contributed by atoms with Gasteiger partial charge in [-0.15, -0.1) is 0 Å². The Morgan fingerprint density at radius 1 is 1.09 bits per heavy atom. The van der Waals surface area contributed by atoms with Crippen LogP contribution in [0.1, 0.15) is 34.5 Å². The second-order valence-electron chi connectivity index (χ2n) is 5.47. The van der Waals surface area contributed by atoms with Crippen molar-refractivity contribution in [2.45, 2.75) is 19.9 Å². The van der Waals surface area contributed by atoms with Crippen molar-refractivity contribution in [3.63, 3.8) is 0 Å². The van der Waals surface area contributed by atoms with Crippen LogP contribution in [0, 0.1) is 6.92 Å². The number of nitrogens with zero attached hydrogens (tertiary/aromatic N) is 1. The molecule has 1 N–H and O–H groups in total. The van der Waals surface area contributed by atoms with E-state index in [0.29, 0.717) is 5.56 Å². The summed E-state index contributed by atoms with van der Waals surface area (Å²) < 4.78 is 0. The van der Waals surface area contributed by atoms with Crippen LogP contribution in [-0.4, -0.2) is 10.9 Å². The Labute approximate surface area is 130 Å². The number of aromatic nitrogens is 1. The van der Waals surface area contributed by atoms with Gasteiger partial charge in [0.05, 0.1) is 17.1 Å². The minimum Gasteiger partial charge on any atom is -0.345 e. The highest BCUT2D eigenvalue weighted by molar-refractivity contribution is 5.97. The van der Waals surface area contributed by atoms with Gasteiger partial charge in [0, 0.05) is 11.6 Å². The molecule has 3 nitrogen and oxygen atoms in total. The van der Waals surface area contributed by atoms with Crippen LogP contribution in [0.15, 0.2) is 60.8 Å². The molecule has 0 aliphatic heterocycles. The first-order valence-corrected chi connectivity index (χ1v) is 7.36. The van der Waals surface area contributed by atoms with Crippen LogP contribution in [-0.2, 0) is 0 Å². The summed E-state index contributed by atoms with van der Waals surface area (Å²) in [5, 5.41) is 4.01. The Morgan fingerprint density at radius 2 is 1.82 bits per heavy atom. The molecule has 0 fully saturated rings. The minimum absolute atomic E-state index is 0.0415. The van der Waals surface area contributed by atoms with Crippen molar-refractivity contribution in [1.82, 2.24) is 10.3 Å².